The Morgan fingerprint density at radius 1 is 0.481 bits per heavy atom. The zero-order valence-corrected chi connectivity index (χ0v) is 59.1. The first-order valence-corrected chi connectivity index (χ1v) is 33.8. The molecule has 0 saturated heterocycles. The van der Waals surface area contributed by atoms with E-state index in [4.69, 9.17) is 22.9 Å². The minimum atomic E-state index is -1.99. The number of imidazole rings is 1. The maximum absolute atomic E-state index is 14.6. The van der Waals surface area contributed by atoms with E-state index in [0.717, 1.165) is 6.92 Å². The third-order valence-electron chi connectivity index (χ3n) is 16.3. The smallest absolute Gasteiger partial charge is 0.305 e. The molecule has 1 aromatic heterocycles. The summed E-state index contributed by atoms with van der Waals surface area (Å²) in [6.07, 6.45) is -1.21. The first-order chi connectivity index (χ1) is 49.0. The molecule has 3 aromatic rings. The molecule has 104 heavy (non-hydrogen) atoms. The number of amides is 12. The highest BCUT2D eigenvalue weighted by Crippen LogP contribution is 2.15. The van der Waals surface area contributed by atoms with Gasteiger partial charge in [0.25, 0.3) is 0 Å². The van der Waals surface area contributed by atoms with Crippen LogP contribution in [0.5, 0.6) is 0 Å². The molecular formula is C67H100N18O19. The van der Waals surface area contributed by atoms with Crippen LogP contribution in [0.1, 0.15) is 123 Å². The molecule has 2 aromatic carbocycles. The Labute approximate surface area is 600 Å². The van der Waals surface area contributed by atoms with Gasteiger partial charge in [0.2, 0.25) is 70.9 Å². The van der Waals surface area contributed by atoms with E-state index in [1.165, 1.54) is 26.4 Å². The Kier molecular flexibility index (Phi) is 37.1. The van der Waals surface area contributed by atoms with Gasteiger partial charge >= 0.3 is 17.9 Å². The second-order valence-electron chi connectivity index (χ2n) is 25.7. The maximum Gasteiger partial charge on any atom is 0.305 e. The number of H-pyrrole nitrogens is 1. The van der Waals surface area contributed by atoms with Crippen LogP contribution in [0.15, 0.2) is 78.2 Å². The van der Waals surface area contributed by atoms with Crippen molar-refractivity contribution >= 4 is 94.8 Å². The number of nitrogens with two attached hydrogens (primary N) is 4. The molecular weight excluding hydrogens is 1360 g/mol. The molecule has 37 heteroatoms. The number of carboxylic acids is 3. The number of nitrogens with one attached hydrogen (secondary N) is 12. The number of guanidine groups is 1. The summed E-state index contributed by atoms with van der Waals surface area (Å²) < 4.78 is 0. The van der Waals surface area contributed by atoms with Crippen molar-refractivity contribution in [3.05, 3.63) is 90.0 Å². The highest BCUT2D eigenvalue weighted by atomic mass is 16.4. The minimum absolute atomic E-state index is 0.00122. The Balaban J connectivity index is 1.91. The largest absolute Gasteiger partial charge is 0.481 e. The number of aromatic amines is 1. The molecule has 0 bridgehead atoms. The van der Waals surface area contributed by atoms with Crippen molar-refractivity contribution in [3.63, 3.8) is 0 Å². The molecule has 0 aliphatic rings. The average Bonchev–Trinajstić information content (AvgIpc) is 1.32. The van der Waals surface area contributed by atoms with Crippen LogP contribution in [0.4, 0.5) is 0 Å². The molecule has 37 nitrogen and oxygen atoms in total. The van der Waals surface area contributed by atoms with E-state index in [-0.39, 0.29) is 56.9 Å². The number of aliphatic hydroxyl groups is 1. The maximum atomic E-state index is 14.6. The number of aromatic nitrogens is 2. The fourth-order valence-corrected chi connectivity index (χ4v) is 10.2. The summed E-state index contributed by atoms with van der Waals surface area (Å²) in [5, 5.41) is 66.2. The van der Waals surface area contributed by atoms with E-state index in [2.05, 4.69) is 73.4 Å². The third kappa shape index (κ3) is 31.4. The quantitative estimate of drug-likeness (QED) is 0.0144. The second kappa shape index (κ2) is 44.3. The number of aliphatic hydroxyl groups excluding tert-OH is 1. The molecule has 13 atom stereocenters. The van der Waals surface area contributed by atoms with Crippen LogP contribution >= 0.6 is 0 Å². The lowest BCUT2D eigenvalue weighted by Crippen LogP contribution is -2.61. The number of aliphatic imine (C=N–C) groups is 1. The molecule has 0 aliphatic carbocycles. The molecule has 0 fully saturated rings. The molecule has 24 N–H and O–H groups in total. The van der Waals surface area contributed by atoms with Crippen LogP contribution in [0.25, 0.3) is 0 Å². The molecule has 1 heterocycles. The number of carboxylic acid groups (broad SMARTS) is 3. The number of carbonyl (C=O) groups excluding carboxylic acids is 12. The number of primary amides is 1. The number of carbonyl (C=O) groups is 15. The average molecular weight is 1460 g/mol. The van der Waals surface area contributed by atoms with Crippen LogP contribution in [-0.2, 0) is 91.2 Å². The van der Waals surface area contributed by atoms with Gasteiger partial charge in [0.15, 0.2) is 5.96 Å². The van der Waals surface area contributed by atoms with Crippen LogP contribution in [0.2, 0.25) is 0 Å². The molecule has 0 unspecified atom stereocenters. The van der Waals surface area contributed by atoms with Gasteiger partial charge in [0.1, 0.15) is 66.5 Å². The molecule has 0 radical (unpaired) electrons. The SMILES string of the molecule is CC[C@H](C)[C@H](N)C(=O)N[C@@H](CO)C(=O)N[C@@H](CCC(=O)O)C(=O)N[C@H](C(=O)N[C@@H](Cc1ccccc1)C(=O)N[C@@H](CC(C)C)C(=O)N[C@@H](CC(=O)O)C(=O)N[C@@H](C)C(=O)N[C@@H](CCC(=O)O)C(=O)N[C@@H](Cc1ccccc1)C(=O)N[C@@H](CCCN=C(N)N)C(=O)N[C@@H](Cc1cnc[nH]1)C(N)=O)C(C)C. The minimum Gasteiger partial charge on any atom is -0.481 e. The van der Waals surface area contributed by atoms with E-state index < -0.39 is 212 Å². The Morgan fingerprint density at radius 3 is 1.36 bits per heavy atom. The topological polar surface area (TPSA) is 614 Å². The molecule has 0 spiro atoms. The highest BCUT2D eigenvalue weighted by Gasteiger charge is 2.38. The predicted molar refractivity (Wildman–Crippen MR) is 373 cm³/mol. The second-order valence-corrected chi connectivity index (χ2v) is 25.7. The number of hydrogen-bond donors (Lipinski definition) is 20. The first-order valence-electron chi connectivity index (χ1n) is 33.8. The lowest BCUT2D eigenvalue weighted by molar-refractivity contribution is -0.142. The van der Waals surface area contributed by atoms with Crippen molar-refractivity contribution in [1.29, 1.82) is 0 Å². The van der Waals surface area contributed by atoms with Gasteiger partial charge in [-0.25, -0.2) is 4.98 Å². The van der Waals surface area contributed by atoms with Gasteiger partial charge in [-0.2, -0.15) is 0 Å². The van der Waals surface area contributed by atoms with Gasteiger partial charge in [-0.3, -0.25) is 76.9 Å². The van der Waals surface area contributed by atoms with Gasteiger partial charge in [0, 0.05) is 50.5 Å². The highest BCUT2D eigenvalue weighted by molar-refractivity contribution is 6.00. The Hall–Kier alpha value is -11.1. The van der Waals surface area contributed by atoms with Crippen LogP contribution in [0, 0.1) is 17.8 Å². The summed E-state index contributed by atoms with van der Waals surface area (Å²) in [4.78, 5) is 214. The fraction of sp³-hybridized carbons (Fsp3) is 0.537. The van der Waals surface area contributed by atoms with Crippen molar-refractivity contribution in [1.82, 2.24) is 68.5 Å². The molecule has 572 valence electrons. The lowest BCUT2D eigenvalue weighted by atomic mass is 9.98. The van der Waals surface area contributed by atoms with E-state index in [1.807, 2.05) is 0 Å². The summed E-state index contributed by atoms with van der Waals surface area (Å²) in [5.74, 6) is -18.5. The van der Waals surface area contributed by atoms with Crippen LogP contribution in [0.3, 0.4) is 0 Å². The van der Waals surface area contributed by atoms with Gasteiger partial charge in [0.05, 0.1) is 25.4 Å². The number of benzene rings is 2. The summed E-state index contributed by atoms with van der Waals surface area (Å²) in [5.41, 5.74) is 24.0. The van der Waals surface area contributed by atoms with E-state index >= 15 is 0 Å². The van der Waals surface area contributed by atoms with Crippen molar-refractivity contribution in [2.75, 3.05) is 13.2 Å². The van der Waals surface area contributed by atoms with Crippen LogP contribution < -0.4 is 81.4 Å². The van der Waals surface area contributed by atoms with Crippen molar-refractivity contribution in [2.24, 2.45) is 45.7 Å². The predicted octanol–water partition coefficient (Wildman–Crippen LogP) is -4.40. The van der Waals surface area contributed by atoms with Crippen molar-refractivity contribution in [3.8, 4) is 0 Å². The molecule has 0 aliphatic heterocycles. The summed E-state index contributed by atoms with van der Waals surface area (Å²) in [6.45, 7) is 10.0. The first kappa shape index (κ1) is 87.1. The van der Waals surface area contributed by atoms with Crippen LogP contribution in [-0.4, -0.2) is 211 Å². The monoisotopic (exact) mass is 1460 g/mol. The van der Waals surface area contributed by atoms with E-state index in [9.17, 15) is 92.3 Å². The Morgan fingerprint density at radius 2 is 0.904 bits per heavy atom. The van der Waals surface area contributed by atoms with E-state index in [1.54, 1.807) is 88.4 Å². The molecule has 12 amide bonds. The summed E-state index contributed by atoms with van der Waals surface area (Å²) in [7, 11) is 0. The normalized spacial score (nSPS) is 14.8. The van der Waals surface area contributed by atoms with Gasteiger partial charge < -0.3 is 107 Å². The van der Waals surface area contributed by atoms with E-state index in [0.29, 0.717) is 23.2 Å². The zero-order valence-electron chi connectivity index (χ0n) is 59.1. The van der Waals surface area contributed by atoms with Gasteiger partial charge in [-0.15, -0.1) is 0 Å². The summed E-state index contributed by atoms with van der Waals surface area (Å²) >= 11 is 0. The van der Waals surface area contributed by atoms with Gasteiger partial charge in [-0.05, 0) is 67.9 Å². The molecule has 0 saturated carbocycles. The Bertz CT molecular complexity index is 3430. The third-order valence-corrected chi connectivity index (χ3v) is 16.3. The standard InChI is InChI=1S/C67H100N18O19/c1-8-36(6)53(68)65(103)84-49(32-86)64(102)78-43(22-24-51(89)90)59(97)85-54(35(4)5)66(104)83-47(28-39-18-13-10-14-19-39)63(101)80-45(26-34(2)3)61(99)82-48(30-52(91)92)60(98)75-37(7)56(94)76-42(21-23-50(87)88)58(96)81-46(27-38-16-11-9-12-17-38)62(100)77-41(20-15-25-73-67(70)71)57(95)79-44(55(69)93)29-40-31-72-33-74-40/h9-14,16-19,31,33-37,41-49,53-54,86H,8,15,20-30,32,68H2,1-7H3,(H2,69,93)(H,72,74)(H,75,98)(H,76,94)(H,77,100)(H,78,102)(H,79,95)(H,80,101)(H,81,96)(H,82,99)(H,83,104)(H,84,103)(H,85,97)(H,87,88)(H,89,90)(H,91,92)(H4,70,71,73)/t36-,37-,41-,42-,43-,44-,45-,46-,47-,48-,49-,53-,54-/m0/s1. The number of rotatable bonds is 47. The number of hydrogen-bond acceptors (Lipinski definition) is 19. The number of aliphatic carboxylic acids is 3. The summed E-state index contributed by atoms with van der Waals surface area (Å²) in [6, 6.07) is -2.38. The van der Waals surface area contributed by atoms with Crippen molar-refractivity contribution in [2.45, 2.75) is 198 Å². The van der Waals surface area contributed by atoms with Gasteiger partial charge in [-0.1, -0.05) is 109 Å². The van der Waals surface area contributed by atoms with Crippen molar-refractivity contribution < 1.29 is 92.3 Å². The zero-order chi connectivity index (χ0) is 77.9. The number of nitrogens with zero attached hydrogens (tertiary/aromatic N) is 2. The fourth-order valence-electron chi connectivity index (χ4n) is 10.2. The molecule has 3 rings (SSSR count). The lowest BCUT2D eigenvalue weighted by Gasteiger charge is -2.29.